The van der Waals surface area contributed by atoms with Crippen LogP contribution in [0.1, 0.15) is 18.5 Å². The van der Waals surface area contributed by atoms with Gasteiger partial charge in [0.25, 0.3) is 0 Å². The number of hydrogen-bond acceptors (Lipinski definition) is 2. The van der Waals surface area contributed by atoms with Crippen LogP contribution >= 0.6 is 0 Å². The Morgan fingerprint density at radius 3 is 3.08 bits per heavy atom. The van der Waals surface area contributed by atoms with Gasteiger partial charge in [-0.3, -0.25) is 4.98 Å². The van der Waals surface area contributed by atoms with E-state index in [1.807, 2.05) is 19.2 Å². The van der Waals surface area contributed by atoms with Gasteiger partial charge in [-0.15, -0.1) is 0 Å². The van der Waals surface area contributed by atoms with E-state index in [9.17, 15) is 0 Å². The van der Waals surface area contributed by atoms with Crippen LogP contribution in [0.4, 0.5) is 5.69 Å². The lowest BCUT2D eigenvalue weighted by Crippen LogP contribution is -2.04. The van der Waals surface area contributed by atoms with Crippen LogP contribution in [0, 0.1) is 12.8 Å². The lowest BCUT2D eigenvalue weighted by molar-refractivity contribution is 0.886. The third kappa shape index (κ3) is 1.76. The van der Waals surface area contributed by atoms with Crippen molar-refractivity contribution < 1.29 is 0 Å². The molecule has 1 heterocycles. The van der Waals surface area contributed by atoms with Gasteiger partial charge in [0.2, 0.25) is 0 Å². The summed E-state index contributed by atoms with van der Waals surface area (Å²) in [5.41, 5.74) is 2.28. The Kier molecular flexibility index (Phi) is 1.98. The summed E-state index contributed by atoms with van der Waals surface area (Å²) in [5, 5.41) is 3.41. The molecule has 2 rings (SSSR count). The number of rotatable bonds is 3. The lowest BCUT2D eigenvalue weighted by atomic mass is 10.3. The van der Waals surface area contributed by atoms with Crippen LogP contribution < -0.4 is 5.32 Å². The van der Waals surface area contributed by atoms with Crippen LogP contribution in [0.3, 0.4) is 0 Å². The van der Waals surface area contributed by atoms with Crippen molar-refractivity contribution in [1.82, 2.24) is 4.98 Å². The fourth-order valence-corrected chi connectivity index (χ4v) is 1.25. The highest BCUT2D eigenvalue weighted by molar-refractivity contribution is 5.46. The predicted octanol–water partition coefficient (Wildman–Crippen LogP) is 2.21. The van der Waals surface area contributed by atoms with Crippen LogP contribution in [-0.4, -0.2) is 11.5 Å². The number of anilines is 1. The van der Waals surface area contributed by atoms with Crippen molar-refractivity contribution >= 4 is 5.69 Å². The molecule has 1 aliphatic rings. The number of aromatic nitrogens is 1. The second-order valence-electron chi connectivity index (χ2n) is 3.46. The number of hydrogen-bond donors (Lipinski definition) is 1. The normalized spacial score (nSPS) is 16.1. The average Bonchev–Trinajstić information content (AvgIpc) is 2.86. The van der Waals surface area contributed by atoms with Gasteiger partial charge in [-0.1, -0.05) is 0 Å². The van der Waals surface area contributed by atoms with Crippen LogP contribution in [-0.2, 0) is 0 Å². The number of pyridine rings is 1. The molecule has 1 fully saturated rings. The van der Waals surface area contributed by atoms with Gasteiger partial charge in [0.1, 0.15) is 0 Å². The molecule has 0 saturated heterocycles. The molecule has 1 N–H and O–H groups in total. The van der Waals surface area contributed by atoms with E-state index in [0.29, 0.717) is 0 Å². The van der Waals surface area contributed by atoms with E-state index >= 15 is 0 Å². The Balaban J connectivity index is 1.96. The van der Waals surface area contributed by atoms with E-state index < -0.39 is 0 Å². The first-order valence-corrected chi connectivity index (χ1v) is 4.52. The highest BCUT2D eigenvalue weighted by Gasteiger charge is 2.20. The van der Waals surface area contributed by atoms with E-state index in [4.69, 9.17) is 0 Å². The molecule has 0 atom stereocenters. The van der Waals surface area contributed by atoms with Gasteiger partial charge in [0.05, 0.1) is 11.4 Å². The van der Waals surface area contributed by atoms with Crippen molar-refractivity contribution in [3.05, 3.63) is 24.0 Å². The van der Waals surface area contributed by atoms with Gasteiger partial charge >= 0.3 is 0 Å². The molecule has 1 aliphatic carbocycles. The maximum absolute atomic E-state index is 4.21. The molecular formula is C10H14N2. The predicted molar refractivity (Wildman–Crippen MR) is 50.2 cm³/mol. The SMILES string of the molecule is Cc1ncccc1NCC1CC1. The molecule has 1 aromatic rings. The fourth-order valence-electron chi connectivity index (χ4n) is 1.25. The van der Waals surface area contributed by atoms with E-state index in [0.717, 1.165) is 18.2 Å². The zero-order valence-corrected chi connectivity index (χ0v) is 7.38. The van der Waals surface area contributed by atoms with Gasteiger partial charge in [-0.05, 0) is 37.8 Å². The van der Waals surface area contributed by atoms with Crippen molar-refractivity contribution in [2.45, 2.75) is 19.8 Å². The van der Waals surface area contributed by atoms with Gasteiger partial charge in [0, 0.05) is 12.7 Å². The molecule has 0 radical (unpaired) electrons. The molecular weight excluding hydrogens is 148 g/mol. The first kappa shape index (κ1) is 7.59. The van der Waals surface area contributed by atoms with Crippen LogP contribution in [0.15, 0.2) is 18.3 Å². The molecule has 0 aromatic carbocycles. The summed E-state index contributed by atoms with van der Waals surface area (Å²) in [5.74, 6) is 0.921. The Morgan fingerprint density at radius 2 is 2.42 bits per heavy atom. The average molecular weight is 162 g/mol. The summed E-state index contributed by atoms with van der Waals surface area (Å²) in [7, 11) is 0. The van der Waals surface area contributed by atoms with Crippen molar-refractivity contribution in [2.75, 3.05) is 11.9 Å². The molecule has 0 unspecified atom stereocenters. The largest absolute Gasteiger partial charge is 0.383 e. The summed E-state index contributed by atoms with van der Waals surface area (Å²) in [6.07, 6.45) is 4.62. The van der Waals surface area contributed by atoms with Crippen LogP contribution in [0.2, 0.25) is 0 Å². The van der Waals surface area contributed by atoms with Crippen LogP contribution in [0.5, 0.6) is 0 Å². The Hall–Kier alpha value is -1.05. The molecule has 1 saturated carbocycles. The highest BCUT2D eigenvalue weighted by Crippen LogP contribution is 2.29. The highest BCUT2D eigenvalue weighted by atomic mass is 14.9. The summed E-state index contributed by atoms with van der Waals surface area (Å²) in [6, 6.07) is 4.06. The maximum Gasteiger partial charge on any atom is 0.0603 e. The third-order valence-electron chi connectivity index (χ3n) is 2.29. The molecule has 0 aliphatic heterocycles. The van der Waals surface area contributed by atoms with E-state index in [2.05, 4.69) is 16.4 Å². The Labute approximate surface area is 73.0 Å². The standard InChI is InChI=1S/C10H14N2/c1-8-10(3-2-6-11-8)12-7-9-4-5-9/h2-3,6,9,12H,4-5,7H2,1H3. The lowest BCUT2D eigenvalue weighted by Gasteiger charge is -2.06. The van der Waals surface area contributed by atoms with Gasteiger partial charge in [0.15, 0.2) is 0 Å². The van der Waals surface area contributed by atoms with Crippen LogP contribution in [0.25, 0.3) is 0 Å². The smallest absolute Gasteiger partial charge is 0.0603 e. The van der Waals surface area contributed by atoms with Gasteiger partial charge in [-0.25, -0.2) is 0 Å². The van der Waals surface area contributed by atoms with E-state index in [1.165, 1.54) is 18.5 Å². The summed E-state index contributed by atoms with van der Waals surface area (Å²) in [6.45, 7) is 3.15. The van der Waals surface area contributed by atoms with E-state index in [1.54, 1.807) is 0 Å². The molecule has 0 spiro atoms. The molecule has 12 heavy (non-hydrogen) atoms. The second-order valence-corrected chi connectivity index (χ2v) is 3.46. The summed E-state index contributed by atoms with van der Waals surface area (Å²) < 4.78 is 0. The number of nitrogens with one attached hydrogen (secondary N) is 1. The molecule has 64 valence electrons. The summed E-state index contributed by atoms with van der Waals surface area (Å²) in [4.78, 5) is 4.21. The molecule has 1 aromatic heterocycles. The minimum Gasteiger partial charge on any atom is -0.383 e. The zero-order valence-electron chi connectivity index (χ0n) is 7.38. The topological polar surface area (TPSA) is 24.9 Å². The second kappa shape index (κ2) is 3.13. The molecule has 0 amide bonds. The first-order valence-electron chi connectivity index (χ1n) is 4.52. The fraction of sp³-hybridized carbons (Fsp3) is 0.500. The minimum atomic E-state index is 0.921. The summed E-state index contributed by atoms with van der Waals surface area (Å²) >= 11 is 0. The van der Waals surface area contributed by atoms with Gasteiger partial charge < -0.3 is 5.32 Å². The Morgan fingerprint density at radius 1 is 1.58 bits per heavy atom. The molecule has 2 heteroatoms. The van der Waals surface area contributed by atoms with Crippen molar-refractivity contribution in [3.8, 4) is 0 Å². The van der Waals surface area contributed by atoms with Gasteiger partial charge in [-0.2, -0.15) is 0 Å². The van der Waals surface area contributed by atoms with Crippen molar-refractivity contribution in [3.63, 3.8) is 0 Å². The monoisotopic (exact) mass is 162 g/mol. The van der Waals surface area contributed by atoms with E-state index in [-0.39, 0.29) is 0 Å². The molecule has 2 nitrogen and oxygen atoms in total. The minimum absolute atomic E-state index is 0.921. The maximum atomic E-state index is 4.21. The third-order valence-corrected chi connectivity index (χ3v) is 2.29. The van der Waals surface area contributed by atoms with Crippen molar-refractivity contribution in [1.29, 1.82) is 0 Å². The number of aryl methyl sites for hydroxylation is 1. The molecule has 0 bridgehead atoms. The zero-order chi connectivity index (χ0) is 8.39. The Bertz CT molecular complexity index is 266. The van der Waals surface area contributed by atoms with Crippen molar-refractivity contribution in [2.24, 2.45) is 5.92 Å². The number of nitrogens with zero attached hydrogens (tertiary/aromatic N) is 1. The quantitative estimate of drug-likeness (QED) is 0.737. The first-order chi connectivity index (χ1) is 5.86.